The number of benzene rings is 3. The van der Waals surface area contributed by atoms with Gasteiger partial charge < -0.3 is 75.9 Å². The summed E-state index contributed by atoms with van der Waals surface area (Å²) in [5.74, 6) is -7.19. The molecule has 25 nitrogen and oxygen atoms in total. The summed E-state index contributed by atoms with van der Waals surface area (Å²) in [5.41, 5.74) is 12.3. The zero-order valence-electron chi connectivity index (χ0n) is 49.2. The van der Waals surface area contributed by atoms with Gasteiger partial charge in [-0.25, -0.2) is 9.59 Å². The number of amides is 4. The lowest BCUT2D eigenvalue weighted by molar-refractivity contribution is -0.167. The predicted octanol–water partition coefficient (Wildman–Crippen LogP) is 7.51. The van der Waals surface area contributed by atoms with Crippen molar-refractivity contribution in [3.05, 3.63) is 111 Å². The van der Waals surface area contributed by atoms with Crippen LogP contribution in [0.5, 0.6) is 0 Å². The summed E-state index contributed by atoms with van der Waals surface area (Å²) >= 11 is 2.00. The summed E-state index contributed by atoms with van der Waals surface area (Å²) in [4.78, 5) is 134. The van der Waals surface area contributed by atoms with Crippen molar-refractivity contribution in [3.8, 4) is 0 Å². The maximum atomic E-state index is 16.3. The number of carbonyl (C=O) groups excluding carboxylic acids is 7. The van der Waals surface area contributed by atoms with Crippen molar-refractivity contribution in [2.45, 2.75) is 153 Å². The monoisotopic (exact) mass is 1390 g/mol. The van der Waals surface area contributed by atoms with Crippen LogP contribution in [-0.4, -0.2) is 127 Å². The van der Waals surface area contributed by atoms with E-state index in [4.69, 9.17) is 30.4 Å². The Morgan fingerprint density at radius 2 is 1.42 bits per heavy atom. The lowest BCUT2D eigenvalue weighted by Gasteiger charge is -2.29. The minimum absolute atomic E-state index is 0.0975. The van der Waals surface area contributed by atoms with Gasteiger partial charge in [0.1, 0.15) is 13.2 Å². The van der Waals surface area contributed by atoms with E-state index in [1.807, 2.05) is 36.4 Å². The molecule has 1 saturated heterocycles. The molecule has 0 bridgehead atoms. The van der Waals surface area contributed by atoms with Gasteiger partial charge in [0, 0.05) is 66.1 Å². The topological polar surface area (TPSA) is 395 Å². The fraction of sp³-hybridized carbons (Fsp3) is 0.517. The number of aliphatic hydroxyl groups is 1. The normalized spacial score (nSPS) is 14.8. The fourth-order valence-electron chi connectivity index (χ4n) is 9.22. The quantitative estimate of drug-likeness (QED) is 0.00390. The summed E-state index contributed by atoms with van der Waals surface area (Å²) in [5, 5.41) is 14.0. The maximum absolute atomic E-state index is 16.3. The molecule has 0 spiro atoms. The molecule has 88 heavy (non-hydrogen) atoms. The number of alkyl halides is 2. The van der Waals surface area contributed by atoms with Crippen LogP contribution in [0.4, 0.5) is 24.1 Å². The first-order valence-corrected chi connectivity index (χ1v) is 32.9. The number of nitrogens with two attached hydrogens (primary N) is 2. The van der Waals surface area contributed by atoms with E-state index in [0.717, 1.165) is 22.5 Å². The van der Waals surface area contributed by atoms with Gasteiger partial charge in [-0.15, -0.1) is 0 Å². The van der Waals surface area contributed by atoms with Crippen LogP contribution in [0.2, 0.25) is 0 Å². The van der Waals surface area contributed by atoms with E-state index in [1.165, 1.54) is 54.6 Å². The number of guanidine groups is 1. The second-order valence-electron chi connectivity index (χ2n) is 21.5. The Balaban J connectivity index is 1.33. The minimum Gasteiger partial charge on any atom is -0.466 e. The minimum atomic E-state index is -5.66. The standard InChI is InChI=1S/C58H80F2IN7O18P2/c1-4-83-51(71)12-7-5-6-8-32-68-46(26-28-50(68)70)25-27-49(58(59,60)43-19-21-44(61)22-20-43)86-52(72)34-39-13-15-40(16-14-39)37-85-56(75)67-47(33-38(2)3)48(69)35-42(11-9-30-64-54(62)63)53(73)66-45-23-17-41(18-24-45)36-84-55(74)65-31-10-29-57(76,87(77,78)79)88(80,81)82/h13-25,27,38,42,46-47,49,76H,4-12,26,28-37H2,1-3H3,(H,65,74)(H,66,73)(H,67,75)(H4,62,63,64)(H2,77,78,79)(H2,80,81,82)/b27-25+/t42-,46+,47+,49-/m1/s1. The number of aliphatic imine (C=N–C) groups is 1. The van der Waals surface area contributed by atoms with E-state index < -0.39 is 99.4 Å². The second kappa shape index (κ2) is 35.7. The molecule has 3 aromatic carbocycles. The molecule has 12 N–H and O–H groups in total. The summed E-state index contributed by atoms with van der Waals surface area (Å²) in [6.45, 7) is 5.36. The Morgan fingerprint density at radius 1 is 0.818 bits per heavy atom. The van der Waals surface area contributed by atoms with Crippen molar-refractivity contribution in [2.75, 3.05) is 31.6 Å². The van der Waals surface area contributed by atoms with E-state index in [0.29, 0.717) is 67.6 Å². The first-order chi connectivity index (χ1) is 41.4. The number of esters is 2. The Bertz CT molecular complexity index is 2940. The number of rotatable bonds is 37. The van der Waals surface area contributed by atoms with Gasteiger partial charge in [0.05, 0.1) is 25.1 Å². The third-order valence-corrected chi connectivity index (χ3v) is 18.6. The molecule has 4 atom stereocenters. The summed E-state index contributed by atoms with van der Waals surface area (Å²) in [7, 11) is -11.3. The van der Waals surface area contributed by atoms with Gasteiger partial charge in [-0.05, 0) is 127 Å². The van der Waals surface area contributed by atoms with Gasteiger partial charge in [0.2, 0.25) is 11.8 Å². The molecule has 1 heterocycles. The average Bonchev–Trinajstić information content (AvgIpc) is 2.60. The number of ketones is 1. The average molecular weight is 1390 g/mol. The van der Waals surface area contributed by atoms with E-state index in [2.05, 4.69) is 20.9 Å². The van der Waals surface area contributed by atoms with Crippen LogP contribution in [0, 0.1) is 15.4 Å². The summed E-state index contributed by atoms with van der Waals surface area (Å²) < 4.78 is 77.5. The Labute approximate surface area is 523 Å². The molecule has 486 valence electrons. The third-order valence-electron chi connectivity index (χ3n) is 14.0. The summed E-state index contributed by atoms with van der Waals surface area (Å²) in [6.07, 6.45) is 0.901. The van der Waals surface area contributed by atoms with Gasteiger partial charge in [-0.1, -0.05) is 81.3 Å². The maximum Gasteiger partial charge on any atom is 0.408 e. The van der Waals surface area contributed by atoms with Crippen LogP contribution in [0.1, 0.15) is 126 Å². The molecule has 0 saturated carbocycles. The van der Waals surface area contributed by atoms with Gasteiger partial charge in [-0.3, -0.25) is 38.1 Å². The molecule has 4 amide bonds. The Morgan fingerprint density at radius 3 is 2.02 bits per heavy atom. The van der Waals surface area contributed by atoms with Crippen LogP contribution < -0.4 is 27.4 Å². The highest BCUT2D eigenvalue weighted by molar-refractivity contribution is 14.1. The SMILES string of the molecule is CCOC(=O)CCCCCCN1C(=O)CC[C@@H]1/C=C/[C@@H](OC(=O)Cc1ccc(COC(=O)N[C@@H](CC(C)C)C(=O)C[C@@H](CCCN=C(N)N)C(=O)Nc2ccc(COC(=O)NCCCC(O)(P(=O)(O)O)P(=O)(O)O)cc2)cc1)C(F)(F)c1ccc(I)cc1. The number of halogens is 3. The molecule has 3 aromatic rings. The zero-order valence-corrected chi connectivity index (χ0v) is 53.2. The van der Waals surface area contributed by atoms with Crippen molar-refractivity contribution in [3.63, 3.8) is 0 Å². The van der Waals surface area contributed by atoms with Crippen molar-refractivity contribution >= 4 is 91.2 Å². The van der Waals surface area contributed by atoms with E-state index in [1.54, 1.807) is 36.1 Å². The molecule has 4 rings (SSSR count). The number of nitrogens with one attached hydrogen (secondary N) is 3. The van der Waals surface area contributed by atoms with Gasteiger partial charge >= 0.3 is 45.2 Å². The first kappa shape index (κ1) is 74.1. The number of anilines is 1. The van der Waals surface area contributed by atoms with E-state index >= 15 is 8.78 Å². The number of ether oxygens (including phenoxy) is 4. The molecular weight excluding hydrogens is 1310 g/mol. The van der Waals surface area contributed by atoms with Crippen LogP contribution in [0.25, 0.3) is 0 Å². The molecule has 1 aliphatic heterocycles. The molecule has 1 fully saturated rings. The number of unbranched alkanes of at least 4 members (excludes halogenated alkanes) is 3. The molecular formula is C58H80F2IN7O18P2. The molecule has 1 aliphatic rings. The zero-order chi connectivity index (χ0) is 65.2. The first-order valence-electron chi connectivity index (χ1n) is 28.6. The number of likely N-dealkylation sites (tertiary alicyclic amines) is 1. The van der Waals surface area contributed by atoms with Gasteiger partial charge in [0.25, 0.3) is 5.08 Å². The Kier molecular flexibility index (Phi) is 30.1. The van der Waals surface area contributed by atoms with Crippen LogP contribution >= 0.6 is 37.8 Å². The highest BCUT2D eigenvalue weighted by Gasteiger charge is 2.58. The number of Topliss-reactive ketones (excluding diaryl/α,β-unsaturated/α-hetero) is 1. The van der Waals surface area contributed by atoms with Crippen molar-refractivity contribution in [1.29, 1.82) is 0 Å². The molecule has 30 heteroatoms. The van der Waals surface area contributed by atoms with E-state index in [9.17, 15) is 67.4 Å². The summed E-state index contributed by atoms with van der Waals surface area (Å²) in [6, 6.07) is 16.3. The van der Waals surface area contributed by atoms with Crippen LogP contribution in [0.15, 0.2) is 89.9 Å². The van der Waals surface area contributed by atoms with Gasteiger partial charge in [0.15, 0.2) is 17.8 Å². The number of alkyl carbamates (subject to hydrolysis) is 2. The molecule has 0 radical (unpaired) electrons. The molecule has 0 unspecified atom stereocenters. The molecule has 0 aromatic heterocycles. The number of nitrogens with zero attached hydrogens (tertiary/aromatic N) is 2. The van der Waals surface area contributed by atoms with Crippen molar-refractivity contribution < 1.29 is 95.1 Å². The van der Waals surface area contributed by atoms with Crippen LogP contribution in [0.3, 0.4) is 0 Å². The largest absolute Gasteiger partial charge is 0.466 e. The predicted molar refractivity (Wildman–Crippen MR) is 328 cm³/mol. The van der Waals surface area contributed by atoms with Crippen molar-refractivity contribution in [1.82, 2.24) is 15.5 Å². The highest BCUT2D eigenvalue weighted by atomic mass is 127. The molecule has 0 aliphatic carbocycles. The van der Waals surface area contributed by atoms with Crippen molar-refractivity contribution in [2.24, 2.45) is 28.3 Å². The smallest absolute Gasteiger partial charge is 0.408 e. The number of carbonyl (C=O) groups is 7. The Hall–Kier alpha value is -6.39. The van der Waals surface area contributed by atoms with E-state index in [-0.39, 0.29) is 81.3 Å². The lowest BCUT2D eigenvalue weighted by Crippen LogP contribution is -2.43. The fourth-order valence-corrected chi connectivity index (χ4v) is 11.8. The van der Waals surface area contributed by atoms with Gasteiger partial charge in [-0.2, -0.15) is 8.78 Å². The number of hydrogen-bond donors (Lipinski definition) is 10. The van der Waals surface area contributed by atoms with Crippen LogP contribution in [-0.2, 0) is 77.6 Å². The lowest BCUT2D eigenvalue weighted by atomic mass is 9.90. The third kappa shape index (κ3) is 24.9. The highest BCUT2D eigenvalue weighted by Crippen LogP contribution is 2.69. The number of hydrogen-bond acceptors (Lipinski definition) is 15. The second-order valence-corrected chi connectivity index (χ2v) is 26.7.